The summed E-state index contributed by atoms with van der Waals surface area (Å²) in [6.07, 6.45) is 13.2. The van der Waals surface area contributed by atoms with Gasteiger partial charge in [0.15, 0.2) is 0 Å². The Bertz CT molecular complexity index is 1090. The molecule has 0 aromatic heterocycles. The van der Waals surface area contributed by atoms with E-state index in [1.54, 1.807) is 0 Å². The fourth-order valence-electron chi connectivity index (χ4n) is 4.79. The second-order valence-electron chi connectivity index (χ2n) is 10.5. The molecule has 0 heterocycles. The molecule has 3 rings (SSSR count). The van der Waals surface area contributed by atoms with Crippen LogP contribution in [0, 0.1) is 5.92 Å². The maximum atomic E-state index is 13.5. The molecule has 1 atom stereocenters. The first-order valence-corrected chi connectivity index (χ1v) is 15.0. The van der Waals surface area contributed by atoms with Crippen LogP contribution in [0.2, 0.25) is 0 Å². The SMILES string of the molecule is CCCCCCCCCCCCC(=O)N(CC(C)C(=Nc1ccccc1)Nc1ccccc1)c1ccccc1.Cl. The van der Waals surface area contributed by atoms with Crippen LogP contribution in [0.15, 0.2) is 96.0 Å². The zero-order valence-corrected chi connectivity index (χ0v) is 25.3. The highest BCUT2D eigenvalue weighted by molar-refractivity contribution is 6.00. The summed E-state index contributed by atoms with van der Waals surface area (Å²) >= 11 is 0. The lowest BCUT2D eigenvalue weighted by Gasteiger charge is -2.27. The van der Waals surface area contributed by atoms with Gasteiger partial charge in [-0.05, 0) is 42.8 Å². The van der Waals surface area contributed by atoms with Gasteiger partial charge in [-0.2, -0.15) is 0 Å². The van der Waals surface area contributed by atoms with Crippen LogP contribution in [-0.2, 0) is 4.79 Å². The normalized spacial score (nSPS) is 11.9. The first-order valence-electron chi connectivity index (χ1n) is 15.0. The number of hydrogen-bond acceptors (Lipinski definition) is 2. The number of amides is 1. The monoisotopic (exact) mass is 561 g/mol. The van der Waals surface area contributed by atoms with Crippen molar-refractivity contribution in [1.82, 2.24) is 0 Å². The summed E-state index contributed by atoms with van der Waals surface area (Å²) in [7, 11) is 0. The highest BCUT2D eigenvalue weighted by Gasteiger charge is 2.21. The molecule has 0 aliphatic carbocycles. The van der Waals surface area contributed by atoms with Gasteiger partial charge in [-0.25, -0.2) is 4.99 Å². The summed E-state index contributed by atoms with van der Waals surface area (Å²) in [4.78, 5) is 20.4. The number of halogens is 1. The molecule has 0 spiro atoms. The van der Waals surface area contributed by atoms with Gasteiger partial charge in [0.1, 0.15) is 5.84 Å². The van der Waals surface area contributed by atoms with Gasteiger partial charge in [-0.15, -0.1) is 12.4 Å². The Hall–Kier alpha value is -3.11. The second kappa shape index (κ2) is 19.9. The number of unbranched alkanes of at least 4 members (excludes halogenated alkanes) is 9. The topological polar surface area (TPSA) is 44.7 Å². The Labute approximate surface area is 248 Å². The predicted molar refractivity (Wildman–Crippen MR) is 175 cm³/mol. The van der Waals surface area contributed by atoms with Crippen LogP contribution in [0.3, 0.4) is 0 Å². The van der Waals surface area contributed by atoms with Gasteiger partial charge in [0.05, 0.1) is 5.69 Å². The largest absolute Gasteiger partial charge is 0.343 e. The van der Waals surface area contributed by atoms with Gasteiger partial charge >= 0.3 is 0 Å². The van der Waals surface area contributed by atoms with E-state index in [0.717, 1.165) is 35.7 Å². The van der Waals surface area contributed by atoms with Crippen molar-refractivity contribution in [2.45, 2.75) is 84.5 Å². The third-order valence-corrected chi connectivity index (χ3v) is 7.09. The number of benzene rings is 3. The van der Waals surface area contributed by atoms with Crippen molar-refractivity contribution in [3.63, 3.8) is 0 Å². The molecule has 1 amide bonds. The van der Waals surface area contributed by atoms with Gasteiger partial charge in [0.2, 0.25) is 5.91 Å². The first kappa shape index (κ1) is 33.1. The highest BCUT2D eigenvalue weighted by atomic mass is 35.5. The maximum absolute atomic E-state index is 13.5. The second-order valence-corrected chi connectivity index (χ2v) is 10.5. The van der Waals surface area contributed by atoms with Crippen LogP contribution in [0.1, 0.15) is 84.5 Å². The van der Waals surface area contributed by atoms with Gasteiger partial charge in [0, 0.05) is 30.3 Å². The van der Waals surface area contributed by atoms with E-state index in [1.807, 2.05) is 95.9 Å². The summed E-state index contributed by atoms with van der Waals surface area (Å²) in [6.45, 7) is 4.97. The minimum atomic E-state index is 0. The van der Waals surface area contributed by atoms with Crippen LogP contribution < -0.4 is 10.2 Å². The maximum Gasteiger partial charge on any atom is 0.226 e. The zero-order chi connectivity index (χ0) is 27.5. The number of nitrogens with zero attached hydrogens (tertiary/aromatic N) is 2. The third kappa shape index (κ3) is 12.4. The van der Waals surface area contributed by atoms with E-state index in [2.05, 4.69) is 19.2 Å². The fraction of sp³-hybridized carbons (Fsp3) is 0.429. The van der Waals surface area contributed by atoms with E-state index in [9.17, 15) is 4.79 Å². The molecular formula is C35H48ClN3O. The average Bonchev–Trinajstić information content (AvgIpc) is 2.98. The average molecular weight is 562 g/mol. The fourth-order valence-corrected chi connectivity index (χ4v) is 4.79. The molecule has 0 aliphatic heterocycles. The first-order chi connectivity index (χ1) is 19.2. The minimum absolute atomic E-state index is 0. The predicted octanol–water partition coefficient (Wildman–Crippen LogP) is 10.2. The van der Waals surface area contributed by atoms with Crippen LogP contribution in [-0.4, -0.2) is 18.3 Å². The lowest BCUT2D eigenvalue weighted by atomic mass is 10.0. The van der Waals surface area contributed by atoms with Gasteiger partial charge in [0.25, 0.3) is 0 Å². The molecule has 0 saturated carbocycles. The van der Waals surface area contributed by atoms with Crippen molar-refractivity contribution in [2.24, 2.45) is 10.9 Å². The molecule has 5 heteroatoms. The number of anilines is 2. The number of nitrogens with one attached hydrogen (secondary N) is 1. The van der Waals surface area contributed by atoms with Crippen molar-refractivity contribution in [3.05, 3.63) is 91.0 Å². The molecule has 3 aromatic carbocycles. The Morgan fingerprint density at radius 1 is 0.725 bits per heavy atom. The molecule has 4 nitrogen and oxygen atoms in total. The Balaban J connectivity index is 0.00000560. The molecular weight excluding hydrogens is 514 g/mol. The Kier molecular flexibility index (Phi) is 16.4. The molecule has 3 aromatic rings. The van der Waals surface area contributed by atoms with Crippen LogP contribution in [0.5, 0.6) is 0 Å². The molecule has 216 valence electrons. The van der Waals surface area contributed by atoms with E-state index < -0.39 is 0 Å². The number of rotatable bonds is 17. The molecule has 0 bridgehead atoms. The van der Waals surface area contributed by atoms with Crippen molar-refractivity contribution in [1.29, 1.82) is 0 Å². The smallest absolute Gasteiger partial charge is 0.226 e. The summed E-state index contributed by atoms with van der Waals surface area (Å²) < 4.78 is 0. The number of carbonyl (C=O) groups excluding carboxylic acids is 1. The standard InChI is InChI=1S/C35H47N3O.ClH/c1-3-4-5-6-7-8-9-10-11-21-28-34(39)38(33-26-19-14-20-27-33)29-30(2)35(36-31-22-15-12-16-23-31)37-32-24-17-13-18-25-32;/h12-20,22-27,30H,3-11,21,28-29H2,1-2H3,(H,36,37);1H. The van der Waals surface area contributed by atoms with Crippen LogP contribution >= 0.6 is 12.4 Å². The van der Waals surface area contributed by atoms with Crippen LogP contribution in [0.4, 0.5) is 17.1 Å². The number of aliphatic imine (C=N–C) groups is 1. The lowest BCUT2D eigenvalue weighted by molar-refractivity contribution is -0.118. The van der Waals surface area contributed by atoms with Gasteiger partial charge in [-0.3, -0.25) is 4.79 Å². The number of para-hydroxylation sites is 3. The van der Waals surface area contributed by atoms with Crippen LogP contribution in [0.25, 0.3) is 0 Å². The number of hydrogen-bond donors (Lipinski definition) is 1. The van der Waals surface area contributed by atoms with E-state index in [1.165, 1.54) is 51.4 Å². The Morgan fingerprint density at radius 3 is 1.80 bits per heavy atom. The van der Waals surface area contributed by atoms with E-state index in [0.29, 0.717) is 13.0 Å². The van der Waals surface area contributed by atoms with E-state index in [4.69, 9.17) is 4.99 Å². The van der Waals surface area contributed by atoms with Crippen molar-refractivity contribution in [3.8, 4) is 0 Å². The lowest BCUT2D eigenvalue weighted by Crippen LogP contribution is -2.38. The number of carbonyl (C=O) groups is 1. The van der Waals surface area contributed by atoms with Gasteiger partial charge in [-0.1, -0.05) is 126 Å². The minimum Gasteiger partial charge on any atom is -0.343 e. The molecule has 0 radical (unpaired) electrons. The summed E-state index contributed by atoms with van der Waals surface area (Å²) in [5.41, 5.74) is 2.83. The van der Waals surface area contributed by atoms with Gasteiger partial charge < -0.3 is 10.2 Å². The summed E-state index contributed by atoms with van der Waals surface area (Å²) in [6, 6.07) is 30.2. The summed E-state index contributed by atoms with van der Waals surface area (Å²) in [5, 5.41) is 3.52. The van der Waals surface area contributed by atoms with E-state index >= 15 is 0 Å². The molecule has 0 saturated heterocycles. The van der Waals surface area contributed by atoms with E-state index in [-0.39, 0.29) is 24.2 Å². The van der Waals surface area contributed by atoms with Crippen molar-refractivity contribution < 1.29 is 4.79 Å². The number of amidine groups is 1. The molecule has 1 N–H and O–H groups in total. The molecule has 40 heavy (non-hydrogen) atoms. The quantitative estimate of drug-likeness (QED) is 0.101. The zero-order valence-electron chi connectivity index (χ0n) is 24.4. The molecule has 1 unspecified atom stereocenters. The molecule has 0 aliphatic rings. The van der Waals surface area contributed by atoms with Crippen molar-refractivity contribution in [2.75, 3.05) is 16.8 Å². The van der Waals surface area contributed by atoms with Crippen molar-refractivity contribution >= 4 is 41.2 Å². The Morgan fingerprint density at radius 2 is 1.23 bits per heavy atom. The molecule has 0 fully saturated rings. The highest BCUT2D eigenvalue weighted by Crippen LogP contribution is 2.21. The third-order valence-electron chi connectivity index (χ3n) is 7.09. The summed E-state index contributed by atoms with van der Waals surface area (Å²) in [5.74, 6) is 1.04.